The molecule has 0 fully saturated rings. The summed E-state index contributed by atoms with van der Waals surface area (Å²) in [5.41, 5.74) is 0.560. The van der Waals surface area contributed by atoms with Gasteiger partial charge in [0.1, 0.15) is 13.2 Å². The number of aliphatic hydroxyl groups excluding tert-OH is 2. The summed E-state index contributed by atoms with van der Waals surface area (Å²) < 4.78 is 9.41. The largest absolute Gasteiger partial charge is 0.460 e. The van der Waals surface area contributed by atoms with Gasteiger partial charge < -0.3 is 19.7 Å². The molecule has 1 aromatic carbocycles. The van der Waals surface area contributed by atoms with E-state index in [9.17, 15) is 9.59 Å². The first-order valence-electron chi connectivity index (χ1n) is 5.35. The average molecular weight is 268 g/mol. The van der Waals surface area contributed by atoms with Gasteiger partial charge in [0.05, 0.1) is 24.3 Å². The van der Waals surface area contributed by atoms with E-state index in [1.807, 2.05) is 0 Å². The topological polar surface area (TPSA) is 93.1 Å². The Morgan fingerprint density at radius 1 is 0.800 bits per heavy atom. The van der Waals surface area contributed by atoms with Crippen molar-refractivity contribution in [3.8, 4) is 0 Å². The van der Waals surface area contributed by atoms with Crippen molar-refractivity contribution < 1.29 is 29.3 Å². The number of esters is 2. The molecule has 6 nitrogen and oxygen atoms in total. The predicted molar refractivity (Wildman–Crippen MR) is 72.7 cm³/mol. The van der Waals surface area contributed by atoms with E-state index in [-0.39, 0.29) is 75.3 Å². The van der Waals surface area contributed by atoms with Gasteiger partial charge in [-0.05, 0) is 24.3 Å². The van der Waals surface area contributed by atoms with Crippen molar-refractivity contribution in [2.75, 3.05) is 26.4 Å². The van der Waals surface area contributed by atoms with Gasteiger partial charge in [0.2, 0.25) is 0 Å². The van der Waals surface area contributed by atoms with Crippen LogP contribution in [0.1, 0.15) is 20.7 Å². The molecule has 0 saturated carbocycles. The van der Waals surface area contributed by atoms with Crippen molar-refractivity contribution in [1.29, 1.82) is 0 Å². The van der Waals surface area contributed by atoms with E-state index in [0.717, 1.165) is 0 Å². The van der Waals surface area contributed by atoms with Gasteiger partial charge in [-0.1, -0.05) is 0 Å². The Labute approximate surface area is 140 Å². The molecule has 0 aliphatic rings. The van der Waals surface area contributed by atoms with Crippen LogP contribution in [0.25, 0.3) is 0 Å². The number of rotatable bonds is 6. The molecule has 0 saturated heterocycles. The predicted octanol–water partition coefficient (Wildman–Crippen LogP) is -0.777. The summed E-state index contributed by atoms with van der Waals surface area (Å²) in [6.45, 7) is -0.618. The van der Waals surface area contributed by atoms with Gasteiger partial charge in [0, 0.05) is 37.7 Å². The molecule has 0 amide bonds. The van der Waals surface area contributed by atoms with Crippen LogP contribution < -0.4 is 0 Å². The van der Waals surface area contributed by atoms with Crippen molar-refractivity contribution in [3.63, 3.8) is 0 Å². The van der Waals surface area contributed by atoms with Crippen molar-refractivity contribution in [3.05, 3.63) is 35.4 Å². The first-order chi connectivity index (χ1) is 8.69. The van der Waals surface area contributed by atoms with Crippen molar-refractivity contribution in [2.45, 2.75) is 0 Å². The second-order valence-corrected chi connectivity index (χ2v) is 3.30. The van der Waals surface area contributed by atoms with Gasteiger partial charge in [-0.25, -0.2) is 9.59 Å². The van der Waals surface area contributed by atoms with Gasteiger partial charge in [-0.3, -0.25) is 0 Å². The van der Waals surface area contributed by atoms with Crippen molar-refractivity contribution in [1.82, 2.24) is 0 Å². The summed E-state index contributed by atoms with van der Waals surface area (Å²) in [5.74, 6) is -1.14. The van der Waals surface area contributed by atoms with Gasteiger partial charge in [0.15, 0.2) is 0 Å². The van der Waals surface area contributed by atoms with Crippen LogP contribution in [-0.2, 0) is 9.47 Å². The van der Waals surface area contributed by atoms with Crippen LogP contribution >= 0.6 is 0 Å². The minimum absolute atomic E-state index is 0. The van der Waals surface area contributed by atoms with Crippen LogP contribution in [0.15, 0.2) is 24.3 Å². The fraction of sp³-hybridized carbons (Fsp3) is 0.333. The molecule has 1 rings (SSSR count). The third kappa shape index (κ3) is 7.16. The molecule has 100 valence electrons. The molecule has 2 radical (unpaired) electrons. The number of carbonyl (C=O) groups is 2. The Balaban J connectivity index is 0. The number of carbonyl (C=O) groups excluding carboxylic acids is 2. The maximum absolute atomic E-state index is 11.4. The summed E-state index contributed by atoms with van der Waals surface area (Å²) in [6.07, 6.45) is 0. The molecule has 8 heteroatoms. The van der Waals surface area contributed by atoms with Gasteiger partial charge >= 0.3 is 11.9 Å². The molecule has 20 heavy (non-hydrogen) atoms. The van der Waals surface area contributed by atoms with E-state index < -0.39 is 11.9 Å². The maximum Gasteiger partial charge on any atom is 0.338 e. The van der Waals surface area contributed by atoms with Gasteiger partial charge in [-0.2, -0.15) is 0 Å². The summed E-state index contributed by atoms with van der Waals surface area (Å²) in [6, 6.07) is 5.70. The smallest absolute Gasteiger partial charge is 0.338 e. The summed E-state index contributed by atoms with van der Waals surface area (Å²) in [7, 11) is 0. The zero-order valence-electron chi connectivity index (χ0n) is 11.7. The van der Waals surface area contributed by atoms with Crippen LogP contribution in [0.5, 0.6) is 0 Å². The molecular weight excluding hydrogens is 254 g/mol. The van der Waals surface area contributed by atoms with E-state index in [4.69, 9.17) is 19.7 Å². The molecule has 0 unspecified atom stereocenters. The van der Waals surface area contributed by atoms with E-state index in [1.165, 1.54) is 24.3 Å². The number of benzene rings is 1. The Bertz CT molecular complexity index is 368. The average Bonchev–Trinajstić information content (AvgIpc) is 2.42. The van der Waals surface area contributed by atoms with Gasteiger partial charge in [0.25, 0.3) is 0 Å². The van der Waals surface area contributed by atoms with Gasteiger partial charge in [-0.15, -0.1) is 0 Å². The zero-order valence-corrected chi connectivity index (χ0v) is 11.7. The van der Waals surface area contributed by atoms with Crippen LogP contribution in [0, 0.1) is 0 Å². The molecule has 0 aliphatic heterocycles. The van der Waals surface area contributed by atoms with E-state index in [2.05, 4.69) is 0 Å². The first-order valence-corrected chi connectivity index (χ1v) is 5.35. The summed E-state index contributed by atoms with van der Waals surface area (Å²) >= 11 is 0. The molecular formula is C12H14Li2O6. The molecule has 0 bridgehead atoms. The number of ether oxygens (including phenoxy) is 2. The minimum atomic E-state index is -0.570. The Kier molecular flexibility index (Phi) is 13.0. The molecule has 0 spiro atoms. The Morgan fingerprint density at radius 3 is 1.35 bits per heavy atom. The monoisotopic (exact) mass is 268 g/mol. The fourth-order valence-electron chi connectivity index (χ4n) is 1.19. The molecule has 0 heterocycles. The first kappa shape index (κ1) is 21.6. The quantitative estimate of drug-likeness (QED) is 0.519. The van der Waals surface area contributed by atoms with Crippen molar-refractivity contribution in [2.24, 2.45) is 0 Å². The Hall–Kier alpha value is -0.725. The molecule has 1 aromatic rings. The SMILES string of the molecule is O=C(OCCO)c1ccc(C(=O)OCCO)cc1.[Li].[Li]. The normalized spacial score (nSPS) is 8.90. The van der Waals surface area contributed by atoms with Crippen molar-refractivity contribution >= 4 is 49.7 Å². The number of aliphatic hydroxyl groups is 2. The molecule has 2 N–H and O–H groups in total. The molecule has 0 aliphatic carbocycles. The summed E-state index contributed by atoms with van der Waals surface area (Å²) in [4.78, 5) is 22.7. The minimum Gasteiger partial charge on any atom is -0.460 e. The van der Waals surface area contributed by atoms with Crippen LogP contribution in [0.3, 0.4) is 0 Å². The second kappa shape index (κ2) is 12.0. The number of hydrogen-bond acceptors (Lipinski definition) is 6. The van der Waals surface area contributed by atoms with E-state index in [0.29, 0.717) is 0 Å². The number of hydrogen-bond donors (Lipinski definition) is 2. The second-order valence-electron chi connectivity index (χ2n) is 3.30. The third-order valence-corrected chi connectivity index (χ3v) is 2.01. The fourth-order valence-corrected chi connectivity index (χ4v) is 1.19. The van der Waals surface area contributed by atoms with E-state index >= 15 is 0 Å². The zero-order chi connectivity index (χ0) is 13.4. The Morgan fingerprint density at radius 2 is 1.10 bits per heavy atom. The van der Waals surface area contributed by atoms with Crippen LogP contribution in [0.2, 0.25) is 0 Å². The van der Waals surface area contributed by atoms with Crippen LogP contribution in [-0.4, -0.2) is 86.3 Å². The maximum atomic E-state index is 11.4. The third-order valence-electron chi connectivity index (χ3n) is 2.01. The standard InChI is InChI=1S/C12H14O6.2Li/c13-5-7-17-11(15)9-1-2-10(4-3-9)12(16)18-8-6-14;;/h1-4,13-14H,5-8H2;;. The molecule has 0 aromatic heterocycles. The van der Waals surface area contributed by atoms with E-state index in [1.54, 1.807) is 0 Å². The summed E-state index contributed by atoms with van der Waals surface area (Å²) in [5, 5.41) is 17.0. The molecule has 0 atom stereocenters. The van der Waals surface area contributed by atoms with Crippen LogP contribution in [0.4, 0.5) is 0 Å².